The summed E-state index contributed by atoms with van der Waals surface area (Å²) in [6.45, 7) is 3.37. The Morgan fingerprint density at radius 1 is 1.57 bits per heavy atom. The van der Waals surface area contributed by atoms with Gasteiger partial charge < -0.3 is 9.47 Å². The Labute approximate surface area is 130 Å². The summed E-state index contributed by atoms with van der Waals surface area (Å²) in [5.74, 6) is -0.301. The van der Waals surface area contributed by atoms with E-state index in [1.54, 1.807) is 6.07 Å². The third kappa shape index (κ3) is 3.57. The molecule has 0 amide bonds. The fourth-order valence-electron chi connectivity index (χ4n) is 2.79. The van der Waals surface area contributed by atoms with Gasteiger partial charge in [-0.2, -0.15) is 0 Å². The molecule has 1 heterocycles. The second kappa shape index (κ2) is 7.25. The van der Waals surface area contributed by atoms with Crippen LogP contribution in [-0.4, -0.2) is 32.3 Å². The number of ether oxygens (including phenoxy) is 2. The first-order valence-corrected chi connectivity index (χ1v) is 7.71. The SMILES string of the molecule is CCC(NCC1CCCO1)(C(=O)OC)c1cccc(Cl)c1. The van der Waals surface area contributed by atoms with Crippen LogP contribution >= 0.6 is 11.6 Å². The molecule has 2 atom stereocenters. The zero-order valence-corrected chi connectivity index (χ0v) is 13.3. The van der Waals surface area contributed by atoms with Crippen molar-refractivity contribution in [3.63, 3.8) is 0 Å². The predicted octanol–water partition coefficient (Wildman–Crippen LogP) is 2.89. The van der Waals surface area contributed by atoms with Crippen LogP contribution in [-0.2, 0) is 19.8 Å². The smallest absolute Gasteiger partial charge is 0.330 e. The lowest BCUT2D eigenvalue weighted by Gasteiger charge is -2.32. The Balaban J connectivity index is 2.26. The number of hydrogen-bond acceptors (Lipinski definition) is 4. The van der Waals surface area contributed by atoms with Crippen LogP contribution in [0.4, 0.5) is 0 Å². The van der Waals surface area contributed by atoms with Crippen molar-refractivity contribution in [2.24, 2.45) is 0 Å². The molecule has 2 rings (SSSR count). The van der Waals surface area contributed by atoms with E-state index in [1.165, 1.54) is 7.11 Å². The van der Waals surface area contributed by atoms with Gasteiger partial charge >= 0.3 is 5.97 Å². The van der Waals surface area contributed by atoms with Gasteiger partial charge in [0.1, 0.15) is 5.54 Å². The number of nitrogens with one attached hydrogen (secondary N) is 1. The van der Waals surface area contributed by atoms with E-state index in [0.29, 0.717) is 18.0 Å². The Kier molecular flexibility index (Phi) is 5.62. The number of hydrogen-bond donors (Lipinski definition) is 1. The van der Waals surface area contributed by atoms with E-state index in [1.807, 2.05) is 25.1 Å². The molecular weight excluding hydrogens is 290 g/mol. The Hall–Kier alpha value is -1.10. The van der Waals surface area contributed by atoms with Crippen molar-refractivity contribution >= 4 is 17.6 Å². The van der Waals surface area contributed by atoms with Crippen molar-refractivity contribution in [2.45, 2.75) is 37.8 Å². The van der Waals surface area contributed by atoms with Crippen molar-refractivity contribution in [2.75, 3.05) is 20.3 Å². The monoisotopic (exact) mass is 311 g/mol. The van der Waals surface area contributed by atoms with Gasteiger partial charge in [-0.05, 0) is 37.0 Å². The van der Waals surface area contributed by atoms with Gasteiger partial charge in [0.2, 0.25) is 0 Å². The molecule has 0 aliphatic carbocycles. The van der Waals surface area contributed by atoms with Gasteiger partial charge in [0.05, 0.1) is 13.2 Å². The lowest BCUT2D eigenvalue weighted by Crippen LogP contribution is -2.51. The first-order chi connectivity index (χ1) is 10.1. The lowest BCUT2D eigenvalue weighted by atomic mass is 9.87. The van der Waals surface area contributed by atoms with Crippen LogP contribution in [0.2, 0.25) is 5.02 Å². The summed E-state index contributed by atoms with van der Waals surface area (Å²) < 4.78 is 10.7. The first kappa shape index (κ1) is 16.3. The molecule has 1 N–H and O–H groups in total. The van der Waals surface area contributed by atoms with Crippen LogP contribution in [0.15, 0.2) is 24.3 Å². The summed E-state index contributed by atoms with van der Waals surface area (Å²) in [6.07, 6.45) is 2.82. The van der Waals surface area contributed by atoms with Gasteiger partial charge in [0.25, 0.3) is 0 Å². The third-order valence-corrected chi connectivity index (χ3v) is 4.27. The molecule has 0 spiro atoms. The largest absolute Gasteiger partial charge is 0.467 e. The molecule has 4 nitrogen and oxygen atoms in total. The van der Waals surface area contributed by atoms with E-state index >= 15 is 0 Å². The fraction of sp³-hybridized carbons (Fsp3) is 0.562. The van der Waals surface area contributed by atoms with Crippen molar-refractivity contribution in [3.8, 4) is 0 Å². The molecule has 2 unspecified atom stereocenters. The number of carbonyl (C=O) groups is 1. The summed E-state index contributed by atoms with van der Waals surface area (Å²) in [4.78, 5) is 12.4. The maximum Gasteiger partial charge on any atom is 0.330 e. The van der Waals surface area contributed by atoms with Crippen LogP contribution in [0.25, 0.3) is 0 Å². The molecule has 1 aliphatic rings. The molecular formula is C16H22ClNO3. The topological polar surface area (TPSA) is 47.6 Å². The molecule has 1 aromatic rings. The highest BCUT2D eigenvalue weighted by Crippen LogP contribution is 2.29. The fourth-order valence-corrected chi connectivity index (χ4v) is 2.98. The second-order valence-corrected chi connectivity index (χ2v) is 5.71. The van der Waals surface area contributed by atoms with Gasteiger partial charge in [-0.3, -0.25) is 5.32 Å². The van der Waals surface area contributed by atoms with E-state index in [-0.39, 0.29) is 12.1 Å². The quantitative estimate of drug-likeness (QED) is 0.821. The molecule has 1 saturated heterocycles. The summed E-state index contributed by atoms with van der Waals surface area (Å²) in [5, 5.41) is 3.97. The van der Waals surface area contributed by atoms with Crippen molar-refractivity contribution in [1.29, 1.82) is 0 Å². The highest BCUT2D eigenvalue weighted by atomic mass is 35.5. The number of benzene rings is 1. The molecule has 21 heavy (non-hydrogen) atoms. The molecule has 1 fully saturated rings. The minimum absolute atomic E-state index is 0.153. The van der Waals surface area contributed by atoms with Gasteiger partial charge in [-0.25, -0.2) is 4.79 Å². The Morgan fingerprint density at radius 2 is 2.38 bits per heavy atom. The lowest BCUT2D eigenvalue weighted by molar-refractivity contribution is -0.149. The Morgan fingerprint density at radius 3 is 2.95 bits per heavy atom. The van der Waals surface area contributed by atoms with Gasteiger partial charge in [0, 0.05) is 18.2 Å². The molecule has 0 aromatic heterocycles. The molecule has 0 saturated carbocycles. The zero-order valence-electron chi connectivity index (χ0n) is 12.5. The summed E-state index contributed by atoms with van der Waals surface area (Å²) >= 11 is 6.08. The normalized spacial score (nSPS) is 21.0. The minimum atomic E-state index is -0.883. The minimum Gasteiger partial charge on any atom is -0.467 e. The van der Waals surface area contributed by atoms with Crippen molar-refractivity contribution in [1.82, 2.24) is 5.32 Å². The second-order valence-electron chi connectivity index (χ2n) is 5.28. The highest BCUT2D eigenvalue weighted by Gasteiger charge is 2.40. The molecule has 1 aromatic carbocycles. The highest BCUT2D eigenvalue weighted by molar-refractivity contribution is 6.30. The maximum atomic E-state index is 12.4. The average molecular weight is 312 g/mol. The van der Waals surface area contributed by atoms with E-state index < -0.39 is 5.54 Å². The van der Waals surface area contributed by atoms with Crippen LogP contribution in [0.3, 0.4) is 0 Å². The van der Waals surface area contributed by atoms with Gasteiger partial charge in [0.15, 0.2) is 0 Å². The van der Waals surface area contributed by atoms with Crippen molar-refractivity contribution in [3.05, 3.63) is 34.9 Å². The number of halogens is 1. The molecule has 1 aliphatic heterocycles. The molecule has 116 valence electrons. The predicted molar refractivity (Wildman–Crippen MR) is 82.4 cm³/mol. The number of methoxy groups -OCH3 is 1. The summed E-state index contributed by atoms with van der Waals surface area (Å²) in [6, 6.07) is 7.35. The van der Waals surface area contributed by atoms with Crippen LogP contribution in [0.1, 0.15) is 31.7 Å². The van der Waals surface area contributed by atoms with E-state index in [2.05, 4.69) is 5.32 Å². The van der Waals surface area contributed by atoms with Gasteiger partial charge in [-0.1, -0.05) is 30.7 Å². The van der Waals surface area contributed by atoms with E-state index in [9.17, 15) is 4.79 Å². The third-order valence-electron chi connectivity index (χ3n) is 4.04. The maximum absolute atomic E-state index is 12.4. The summed E-state index contributed by atoms with van der Waals surface area (Å²) in [7, 11) is 1.41. The number of carbonyl (C=O) groups excluding carboxylic acids is 1. The number of esters is 1. The molecule has 0 radical (unpaired) electrons. The number of rotatable bonds is 6. The van der Waals surface area contributed by atoms with Crippen LogP contribution in [0, 0.1) is 0 Å². The molecule has 0 bridgehead atoms. The Bertz CT molecular complexity index is 488. The zero-order chi connectivity index (χ0) is 15.3. The summed E-state index contributed by atoms with van der Waals surface area (Å²) in [5.41, 5.74) is -0.0617. The van der Waals surface area contributed by atoms with Gasteiger partial charge in [-0.15, -0.1) is 0 Å². The molecule has 5 heteroatoms. The van der Waals surface area contributed by atoms with Crippen LogP contribution in [0.5, 0.6) is 0 Å². The van der Waals surface area contributed by atoms with Crippen molar-refractivity contribution < 1.29 is 14.3 Å². The first-order valence-electron chi connectivity index (χ1n) is 7.33. The van der Waals surface area contributed by atoms with E-state index in [0.717, 1.165) is 25.0 Å². The average Bonchev–Trinajstić information content (AvgIpc) is 3.01. The van der Waals surface area contributed by atoms with Crippen LogP contribution < -0.4 is 5.32 Å². The van der Waals surface area contributed by atoms with E-state index in [4.69, 9.17) is 21.1 Å². The standard InChI is InChI=1S/C16H22ClNO3/c1-3-16(15(19)20-2,12-6-4-7-13(17)10-12)18-11-14-8-5-9-21-14/h4,6-7,10,14,18H,3,5,8-9,11H2,1-2H3.